The number of fused-ring (bicyclic) bond motifs is 1. The summed E-state index contributed by atoms with van der Waals surface area (Å²) in [7, 11) is 1.61. The minimum absolute atomic E-state index is 0.0472. The van der Waals surface area contributed by atoms with Crippen LogP contribution in [-0.4, -0.2) is 51.2 Å². The number of aromatic nitrogens is 2. The minimum Gasteiger partial charge on any atom is -0.481 e. The summed E-state index contributed by atoms with van der Waals surface area (Å²) in [5.41, 5.74) is 0. The van der Waals surface area contributed by atoms with E-state index < -0.39 is 5.97 Å². The fourth-order valence-electron chi connectivity index (χ4n) is 1.70. The smallest absolute Gasteiger partial charge is 0.305 e. The lowest BCUT2D eigenvalue weighted by Crippen LogP contribution is -2.30. The highest BCUT2D eigenvalue weighted by molar-refractivity contribution is 8.00. The third-order valence-corrected chi connectivity index (χ3v) is 4.78. The molecule has 0 fully saturated rings. The lowest BCUT2D eigenvalue weighted by molar-refractivity contribution is -0.137. The van der Waals surface area contributed by atoms with Crippen LogP contribution in [0.2, 0.25) is 0 Å². The molecule has 0 aliphatic heterocycles. The fourth-order valence-corrected chi connectivity index (χ4v) is 3.52. The molecule has 1 N–H and O–H groups in total. The number of thioether (sulfide) groups is 1. The summed E-state index contributed by atoms with van der Waals surface area (Å²) in [5.74, 6) is -0.787. The zero-order valence-electron chi connectivity index (χ0n) is 11.7. The Hall–Kier alpha value is -1.67. The number of thiophene rings is 1. The predicted octanol–water partition coefficient (Wildman–Crippen LogP) is 2.02. The maximum absolute atomic E-state index is 11.9. The van der Waals surface area contributed by atoms with Gasteiger partial charge in [0.2, 0.25) is 5.91 Å². The second-order valence-corrected chi connectivity index (χ2v) is 6.70. The van der Waals surface area contributed by atoms with Gasteiger partial charge in [-0.05, 0) is 13.0 Å². The number of carbonyl (C=O) groups excluding carboxylic acids is 1. The maximum atomic E-state index is 11.9. The first-order valence-corrected chi connectivity index (χ1v) is 8.07. The molecule has 112 valence electrons. The van der Waals surface area contributed by atoms with E-state index in [-0.39, 0.29) is 24.6 Å². The predicted molar refractivity (Wildman–Crippen MR) is 82.8 cm³/mol. The van der Waals surface area contributed by atoms with E-state index in [1.165, 1.54) is 23.0 Å². The van der Waals surface area contributed by atoms with Crippen molar-refractivity contribution in [1.29, 1.82) is 0 Å². The molecule has 8 heteroatoms. The lowest BCUT2D eigenvalue weighted by Gasteiger charge is -2.15. The fraction of sp³-hybridized carbons (Fsp3) is 0.385. The Morgan fingerprint density at radius 2 is 2.19 bits per heavy atom. The molecule has 0 aromatic carbocycles. The van der Waals surface area contributed by atoms with Crippen molar-refractivity contribution < 1.29 is 14.7 Å². The molecule has 0 spiro atoms. The maximum Gasteiger partial charge on any atom is 0.305 e. The van der Waals surface area contributed by atoms with E-state index in [2.05, 4.69) is 9.97 Å². The first-order valence-electron chi connectivity index (χ1n) is 6.27. The van der Waals surface area contributed by atoms with Gasteiger partial charge in [0, 0.05) is 23.9 Å². The van der Waals surface area contributed by atoms with Crippen molar-refractivity contribution in [3.05, 3.63) is 17.3 Å². The van der Waals surface area contributed by atoms with Gasteiger partial charge >= 0.3 is 5.97 Å². The highest BCUT2D eigenvalue weighted by Gasteiger charge is 2.13. The van der Waals surface area contributed by atoms with Crippen molar-refractivity contribution in [2.75, 3.05) is 19.3 Å². The topological polar surface area (TPSA) is 83.4 Å². The van der Waals surface area contributed by atoms with Crippen molar-refractivity contribution in [3.8, 4) is 0 Å². The molecule has 0 radical (unpaired) electrons. The van der Waals surface area contributed by atoms with E-state index in [0.29, 0.717) is 0 Å². The number of nitrogens with zero attached hydrogens (tertiary/aromatic N) is 3. The van der Waals surface area contributed by atoms with Crippen molar-refractivity contribution in [2.24, 2.45) is 0 Å². The molecule has 0 aliphatic carbocycles. The Balaban J connectivity index is 1.98. The lowest BCUT2D eigenvalue weighted by atomic mass is 10.4. The van der Waals surface area contributed by atoms with E-state index >= 15 is 0 Å². The highest BCUT2D eigenvalue weighted by Crippen LogP contribution is 2.30. The molecular formula is C13H15N3O3S2. The Morgan fingerprint density at radius 3 is 2.90 bits per heavy atom. The third-order valence-electron chi connectivity index (χ3n) is 2.84. The normalized spacial score (nSPS) is 10.8. The van der Waals surface area contributed by atoms with Gasteiger partial charge in [-0.15, -0.1) is 11.3 Å². The monoisotopic (exact) mass is 325 g/mol. The molecule has 2 rings (SSSR count). The Kier molecular flexibility index (Phi) is 5.13. The highest BCUT2D eigenvalue weighted by atomic mass is 32.2. The van der Waals surface area contributed by atoms with Crippen LogP contribution >= 0.6 is 23.1 Å². The van der Waals surface area contributed by atoms with Crippen LogP contribution in [0.15, 0.2) is 17.4 Å². The third kappa shape index (κ3) is 4.15. The molecule has 2 aromatic rings. The molecule has 2 heterocycles. The van der Waals surface area contributed by atoms with Crippen LogP contribution in [0.25, 0.3) is 10.2 Å². The Morgan fingerprint density at radius 1 is 1.43 bits per heavy atom. The zero-order valence-corrected chi connectivity index (χ0v) is 13.3. The first kappa shape index (κ1) is 15.7. The Bertz CT molecular complexity index is 672. The van der Waals surface area contributed by atoms with Gasteiger partial charge in [-0.3, -0.25) is 9.59 Å². The van der Waals surface area contributed by atoms with Crippen molar-refractivity contribution in [3.63, 3.8) is 0 Å². The molecular weight excluding hydrogens is 310 g/mol. The standard InChI is InChI=1S/C13H15N3O3S2/c1-8-5-9-12(14-7-15-13(9)21-8)20-6-10(17)16(2)4-3-11(18)19/h5,7H,3-4,6H2,1-2H3,(H,18,19). The average molecular weight is 325 g/mol. The van der Waals surface area contributed by atoms with Crippen LogP contribution in [0.4, 0.5) is 0 Å². The number of amides is 1. The van der Waals surface area contributed by atoms with E-state index in [1.54, 1.807) is 18.4 Å². The molecule has 0 saturated heterocycles. The molecule has 1 amide bonds. The minimum atomic E-state index is -0.909. The number of hydrogen-bond donors (Lipinski definition) is 1. The van der Waals surface area contributed by atoms with Gasteiger partial charge in [-0.2, -0.15) is 0 Å². The number of carboxylic acids is 1. The number of hydrogen-bond acceptors (Lipinski definition) is 6. The van der Waals surface area contributed by atoms with Crippen LogP contribution in [0, 0.1) is 6.92 Å². The summed E-state index contributed by atoms with van der Waals surface area (Å²) in [5, 5.41) is 10.4. The average Bonchev–Trinajstić information content (AvgIpc) is 2.82. The van der Waals surface area contributed by atoms with Crippen LogP contribution in [0.1, 0.15) is 11.3 Å². The van der Waals surface area contributed by atoms with Crippen LogP contribution in [0.3, 0.4) is 0 Å². The number of aryl methyl sites for hydroxylation is 1. The van der Waals surface area contributed by atoms with Crippen LogP contribution in [0.5, 0.6) is 0 Å². The molecule has 0 bridgehead atoms. The zero-order chi connectivity index (χ0) is 15.4. The molecule has 0 atom stereocenters. The number of rotatable bonds is 6. The second kappa shape index (κ2) is 6.86. The van der Waals surface area contributed by atoms with Gasteiger partial charge in [0.05, 0.1) is 12.2 Å². The molecule has 6 nitrogen and oxygen atoms in total. The SMILES string of the molecule is Cc1cc2c(SCC(=O)N(C)CCC(=O)O)ncnc2s1. The van der Waals surface area contributed by atoms with E-state index in [4.69, 9.17) is 5.11 Å². The van der Waals surface area contributed by atoms with Gasteiger partial charge in [-0.25, -0.2) is 9.97 Å². The summed E-state index contributed by atoms with van der Waals surface area (Å²) in [6.45, 7) is 2.22. The molecule has 0 saturated carbocycles. The van der Waals surface area contributed by atoms with Crippen molar-refractivity contribution in [2.45, 2.75) is 18.4 Å². The number of aliphatic carboxylic acids is 1. The van der Waals surface area contributed by atoms with Crippen molar-refractivity contribution in [1.82, 2.24) is 14.9 Å². The van der Waals surface area contributed by atoms with Crippen LogP contribution < -0.4 is 0 Å². The molecule has 0 unspecified atom stereocenters. The molecule has 2 aromatic heterocycles. The summed E-state index contributed by atoms with van der Waals surface area (Å²) in [6, 6.07) is 2.01. The molecule has 21 heavy (non-hydrogen) atoms. The number of carbonyl (C=O) groups is 2. The quantitative estimate of drug-likeness (QED) is 0.646. The van der Waals surface area contributed by atoms with Gasteiger partial charge in [0.15, 0.2) is 0 Å². The van der Waals surface area contributed by atoms with Gasteiger partial charge < -0.3 is 10.0 Å². The largest absolute Gasteiger partial charge is 0.481 e. The van der Waals surface area contributed by atoms with E-state index in [0.717, 1.165) is 20.1 Å². The summed E-state index contributed by atoms with van der Waals surface area (Å²) in [4.78, 5) is 34.4. The summed E-state index contributed by atoms with van der Waals surface area (Å²) >= 11 is 2.94. The van der Waals surface area contributed by atoms with Crippen LogP contribution in [-0.2, 0) is 9.59 Å². The van der Waals surface area contributed by atoms with Gasteiger partial charge in [-0.1, -0.05) is 11.8 Å². The van der Waals surface area contributed by atoms with E-state index in [1.807, 2.05) is 13.0 Å². The first-order chi connectivity index (χ1) is 9.97. The second-order valence-electron chi connectivity index (χ2n) is 4.50. The van der Waals surface area contributed by atoms with E-state index in [9.17, 15) is 9.59 Å². The van der Waals surface area contributed by atoms with Gasteiger partial charge in [0.1, 0.15) is 16.2 Å². The summed E-state index contributed by atoms with van der Waals surface area (Å²) < 4.78 is 0. The summed E-state index contributed by atoms with van der Waals surface area (Å²) in [6.07, 6.45) is 1.45. The number of carboxylic acid groups (broad SMARTS) is 1. The molecule has 0 aliphatic rings. The van der Waals surface area contributed by atoms with Gasteiger partial charge in [0.25, 0.3) is 0 Å². The Labute approximate surface area is 130 Å². The van der Waals surface area contributed by atoms with Crippen molar-refractivity contribution >= 4 is 45.2 Å².